The summed E-state index contributed by atoms with van der Waals surface area (Å²) in [6.45, 7) is 7.43. The highest BCUT2D eigenvalue weighted by Crippen LogP contribution is 2.28. The van der Waals surface area contributed by atoms with Gasteiger partial charge in [0.2, 0.25) is 0 Å². The van der Waals surface area contributed by atoms with Crippen LogP contribution in [0, 0.1) is 13.8 Å². The van der Waals surface area contributed by atoms with Crippen LogP contribution in [0.15, 0.2) is 53.0 Å². The molecule has 1 saturated heterocycles. The highest BCUT2D eigenvalue weighted by Gasteiger charge is 2.35. The molecule has 1 aliphatic rings. The Morgan fingerprint density at radius 1 is 1.19 bits per heavy atom. The molecule has 1 fully saturated rings. The molecule has 138 valence electrons. The van der Waals surface area contributed by atoms with Crippen LogP contribution in [0.2, 0.25) is 0 Å². The van der Waals surface area contributed by atoms with Crippen molar-refractivity contribution in [2.45, 2.75) is 13.8 Å². The number of imide groups is 2. The number of halogens is 1. The van der Waals surface area contributed by atoms with E-state index in [0.29, 0.717) is 0 Å². The first-order valence-corrected chi connectivity index (χ1v) is 9.08. The number of barbiturate groups is 1. The fourth-order valence-electron chi connectivity index (χ4n) is 3.08. The zero-order valence-electron chi connectivity index (χ0n) is 15.0. The second-order valence-corrected chi connectivity index (χ2v) is 6.99. The van der Waals surface area contributed by atoms with Crippen LogP contribution in [-0.4, -0.2) is 33.9 Å². The maximum atomic E-state index is 12.6. The van der Waals surface area contributed by atoms with Crippen LogP contribution < -0.4 is 5.32 Å². The number of hydrogen-bond donors (Lipinski definition) is 1. The number of benzene rings is 1. The van der Waals surface area contributed by atoms with E-state index in [1.54, 1.807) is 0 Å². The standard InChI is InChI=1S/C20H18BrN3O3/c1-4-9-23-19(26)15(18(25)22-20(23)27)11-14-10-12(2)24(13(14)3)17-8-6-5-7-16(17)21/h4-8,10-11H,1,9H2,2-3H3,(H,22,25,27). The Bertz CT molecular complexity index is 1000. The Kier molecular flexibility index (Phi) is 5.14. The average Bonchev–Trinajstić information content (AvgIpc) is 2.89. The summed E-state index contributed by atoms with van der Waals surface area (Å²) >= 11 is 3.55. The monoisotopic (exact) mass is 427 g/mol. The summed E-state index contributed by atoms with van der Waals surface area (Å²) in [6, 6.07) is 8.96. The minimum atomic E-state index is -0.735. The summed E-state index contributed by atoms with van der Waals surface area (Å²) in [5, 5.41) is 2.19. The fourth-order valence-corrected chi connectivity index (χ4v) is 3.54. The Hall–Kier alpha value is -2.93. The van der Waals surface area contributed by atoms with Gasteiger partial charge in [0.05, 0.1) is 5.69 Å². The van der Waals surface area contributed by atoms with Gasteiger partial charge in [0.1, 0.15) is 5.57 Å². The van der Waals surface area contributed by atoms with Crippen molar-refractivity contribution >= 4 is 39.9 Å². The Balaban J connectivity index is 2.07. The molecule has 0 spiro atoms. The van der Waals surface area contributed by atoms with Crippen molar-refractivity contribution < 1.29 is 14.4 Å². The second kappa shape index (κ2) is 7.36. The number of amides is 4. The molecule has 1 aliphatic heterocycles. The van der Waals surface area contributed by atoms with Crippen LogP contribution in [0.1, 0.15) is 17.0 Å². The van der Waals surface area contributed by atoms with Crippen LogP contribution in [0.4, 0.5) is 4.79 Å². The van der Waals surface area contributed by atoms with Gasteiger partial charge in [-0.25, -0.2) is 4.79 Å². The number of para-hydroxylation sites is 1. The Morgan fingerprint density at radius 3 is 2.56 bits per heavy atom. The molecule has 4 amide bonds. The molecular weight excluding hydrogens is 410 g/mol. The second-order valence-electron chi connectivity index (χ2n) is 6.14. The van der Waals surface area contributed by atoms with Crippen LogP contribution in [0.25, 0.3) is 11.8 Å². The van der Waals surface area contributed by atoms with E-state index >= 15 is 0 Å². The van der Waals surface area contributed by atoms with Gasteiger partial charge in [-0.3, -0.25) is 19.8 Å². The van der Waals surface area contributed by atoms with Crippen LogP contribution in [0.5, 0.6) is 0 Å². The number of aryl methyl sites for hydroxylation is 1. The molecule has 3 rings (SSSR count). The summed E-state index contributed by atoms with van der Waals surface area (Å²) in [4.78, 5) is 37.6. The van der Waals surface area contributed by atoms with Crippen molar-refractivity contribution in [2.75, 3.05) is 6.54 Å². The summed E-state index contributed by atoms with van der Waals surface area (Å²) in [7, 11) is 0. The van der Waals surface area contributed by atoms with Gasteiger partial charge >= 0.3 is 6.03 Å². The highest BCUT2D eigenvalue weighted by molar-refractivity contribution is 9.10. The first-order chi connectivity index (χ1) is 12.8. The molecular formula is C20H18BrN3O3. The summed E-state index contributed by atoms with van der Waals surface area (Å²) < 4.78 is 2.97. The predicted molar refractivity (Wildman–Crippen MR) is 106 cm³/mol. The SMILES string of the molecule is C=CCN1C(=O)NC(=O)C(=Cc2cc(C)n(-c3ccccc3Br)c2C)C1=O. The topological polar surface area (TPSA) is 71.4 Å². The number of rotatable bonds is 4. The molecule has 2 aromatic rings. The molecule has 1 N–H and O–H groups in total. The van der Waals surface area contributed by atoms with Crippen LogP contribution >= 0.6 is 15.9 Å². The molecule has 0 radical (unpaired) electrons. The lowest BCUT2D eigenvalue weighted by atomic mass is 10.1. The van der Waals surface area contributed by atoms with Gasteiger partial charge in [0.25, 0.3) is 11.8 Å². The number of urea groups is 1. The number of carbonyl (C=O) groups is 3. The molecule has 6 nitrogen and oxygen atoms in total. The molecule has 0 bridgehead atoms. The first-order valence-electron chi connectivity index (χ1n) is 8.28. The van der Waals surface area contributed by atoms with E-state index in [1.165, 1.54) is 12.2 Å². The van der Waals surface area contributed by atoms with E-state index in [2.05, 4.69) is 27.8 Å². The number of hydrogen-bond acceptors (Lipinski definition) is 3. The summed E-state index contributed by atoms with van der Waals surface area (Å²) in [6.07, 6.45) is 2.96. The van der Waals surface area contributed by atoms with E-state index in [1.807, 2.05) is 48.7 Å². The normalized spacial score (nSPS) is 16.0. The average molecular weight is 428 g/mol. The van der Waals surface area contributed by atoms with E-state index in [0.717, 1.165) is 32.0 Å². The third-order valence-electron chi connectivity index (χ3n) is 4.36. The minimum Gasteiger partial charge on any atom is -0.317 e. The van der Waals surface area contributed by atoms with E-state index in [4.69, 9.17) is 0 Å². The van der Waals surface area contributed by atoms with Crippen molar-refractivity contribution in [1.29, 1.82) is 0 Å². The van der Waals surface area contributed by atoms with Gasteiger partial charge in [-0.2, -0.15) is 0 Å². The molecule has 27 heavy (non-hydrogen) atoms. The molecule has 7 heteroatoms. The number of aromatic nitrogens is 1. The van der Waals surface area contributed by atoms with Crippen molar-refractivity contribution in [3.8, 4) is 5.69 Å². The van der Waals surface area contributed by atoms with Gasteiger partial charge in [-0.05, 0) is 59.6 Å². The van der Waals surface area contributed by atoms with Crippen molar-refractivity contribution in [3.05, 3.63) is 70.0 Å². The highest BCUT2D eigenvalue weighted by atomic mass is 79.9. The number of nitrogens with zero attached hydrogens (tertiary/aromatic N) is 2. The molecule has 0 saturated carbocycles. The summed E-state index contributed by atoms with van der Waals surface area (Å²) in [5.74, 6) is -1.33. The summed E-state index contributed by atoms with van der Waals surface area (Å²) in [5.41, 5.74) is 3.44. The number of nitrogens with one attached hydrogen (secondary N) is 1. The van der Waals surface area contributed by atoms with Gasteiger partial charge in [0.15, 0.2) is 0 Å². The molecule has 0 atom stereocenters. The minimum absolute atomic E-state index is 0.0330. The zero-order chi connectivity index (χ0) is 19.7. The first kappa shape index (κ1) is 18.8. The quantitative estimate of drug-likeness (QED) is 0.460. The third-order valence-corrected chi connectivity index (χ3v) is 5.03. The molecule has 1 aromatic heterocycles. The molecule has 1 aromatic carbocycles. The van der Waals surface area contributed by atoms with E-state index in [-0.39, 0.29) is 12.1 Å². The lowest BCUT2D eigenvalue weighted by Crippen LogP contribution is -2.54. The van der Waals surface area contributed by atoms with Crippen molar-refractivity contribution in [2.24, 2.45) is 0 Å². The van der Waals surface area contributed by atoms with Crippen LogP contribution in [-0.2, 0) is 9.59 Å². The maximum Gasteiger partial charge on any atom is 0.331 e. The molecule has 2 heterocycles. The maximum absolute atomic E-state index is 12.6. The van der Waals surface area contributed by atoms with Gasteiger partial charge in [0, 0.05) is 22.4 Å². The Labute approximate surface area is 165 Å². The molecule has 0 unspecified atom stereocenters. The zero-order valence-corrected chi connectivity index (χ0v) is 16.5. The largest absolute Gasteiger partial charge is 0.331 e. The van der Waals surface area contributed by atoms with Gasteiger partial charge in [-0.1, -0.05) is 18.2 Å². The molecule has 0 aliphatic carbocycles. The fraction of sp³-hybridized carbons (Fsp3) is 0.150. The lowest BCUT2D eigenvalue weighted by molar-refractivity contribution is -0.129. The van der Waals surface area contributed by atoms with Crippen molar-refractivity contribution in [3.63, 3.8) is 0 Å². The predicted octanol–water partition coefficient (Wildman–Crippen LogP) is 3.50. The van der Waals surface area contributed by atoms with E-state index < -0.39 is 17.8 Å². The van der Waals surface area contributed by atoms with Crippen molar-refractivity contribution in [1.82, 2.24) is 14.8 Å². The lowest BCUT2D eigenvalue weighted by Gasteiger charge is -2.25. The third kappa shape index (κ3) is 3.38. The van der Waals surface area contributed by atoms with Crippen LogP contribution in [0.3, 0.4) is 0 Å². The van der Waals surface area contributed by atoms with E-state index in [9.17, 15) is 14.4 Å². The Morgan fingerprint density at radius 2 is 1.89 bits per heavy atom. The number of carbonyl (C=O) groups excluding carboxylic acids is 3. The van der Waals surface area contributed by atoms with Gasteiger partial charge in [-0.15, -0.1) is 6.58 Å². The van der Waals surface area contributed by atoms with Gasteiger partial charge < -0.3 is 4.57 Å². The smallest absolute Gasteiger partial charge is 0.317 e.